The first-order valence-corrected chi connectivity index (χ1v) is 12.2. The number of aryl methyl sites for hydroxylation is 1. The van der Waals surface area contributed by atoms with Crippen LogP contribution in [-0.2, 0) is 16.1 Å². The van der Waals surface area contributed by atoms with E-state index in [1.807, 2.05) is 43.3 Å². The van der Waals surface area contributed by atoms with Gasteiger partial charge in [-0.25, -0.2) is 0 Å². The molecule has 0 spiro atoms. The number of aromatic nitrogens is 1. The maximum atomic E-state index is 12.2. The topological polar surface area (TPSA) is 92.1 Å². The number of para-hydroxylation sites is 1. The lowest BCUT2D eigenvalue weighted by Gasteiger charge is -2.41. The first-order chi connectivity index (χ1) is 15.9. The summed E-state index contributed by atoms with van der Waals surface area (Å²) in [5.74, 6) is 0.00374. The van der Waals surface area contributed by atoms with E-state index in [4.69, 9.17) is 9.47 Å². The molecule has 0 radical (unpaired) electrons. The highest BCUT2D eigenvalue weighted by Gasteiger charge is 2.31. The zero-order valence-electron chi connectivity index (χ0n) is 18.7. The molecule has 3 aromatic rings. The molecule has 0 fully saturated rings. The molecule has 2 aromatic carbocycles. The van der Waals surface area contributed by atoms with Crippen molar-refractivity contribution in [2.24, 2.45) is 0 Å². The average molecular weight is 469 g/mol. The molecule has 0 amide bonds. The van der Waals surface area contributed by atoms with Gasteiger partial charge in [-0.05, 0) is 53.4 Å². The molecule has 1 aliphatic rings. The zero-order valence-corrected chi connectivity index (χ0v) is 19.5. The van der Waals surface area contributed by atoms with E-state index in [0.29, 0.717) is 30.3 Å². The van der Waals surface area contributed by atoms with Crippen LogP contribution in [0.1, 0.15) is 34.6 Å². The fourth-order valence-electron chi connectivity index (χ4n) is 4.03. The number of hydrogen-bond donors (Lipinski definition) is 2. The molecule has 1 unspecified atom stereocenters. The third-order valence-electron chi connectivity index (χ3n) is 5.93. The number of hydrogen-bond acceptors (Lipinski definition) is 7. The van der Waals surface area contributed by atoms with Crippen LogP contribution in [-0.4, -0.2) is 44.6 Å². The first kappa shape index (κ1) is 23.3. The molecule has 174 valence electrons. The second kappa shape index (κ2) is 9.93. The van der Waals surface area contributed by atoms with Crippen LogP contribution >= 0.6 is 10.8 Å². The van der Waals surface area contributed by atoms with Gasteiger partial charge in [0.05, 0.1) is 20.1 Å². The second-order valence-corrected chi connectivity index (χ2v) is 9.97. The predicted molar refractivity (Wildman–Crippen MR) is 127 cm³/mol. The minimum atomic E-state index is -3.22. The molecule has 1 atom stereocenters. The molecule has 0 saturated heterocycles. The quantitative estimate of drug-likeness (QED) is 0.492. The van der Waals surface area contributed by atoms with Crippen LogP contribution in [0.5, 0.6) is 5.75 Å². The number of nitrogens with zero attached hydrogens (tertiary/aromatic N) is 2. The summed E-state index contributed by atoms with van der Waals surface area (Å²) in [6.07, 6.45) is 3.61. The summed E-state index contributed by atoms with van der Waals surface area (Å²) in [4.78, 5) is 16.6. The van der Waals surface area contributed by atoms with E-state index in [1.165, 1.54) is 7.11 Å². The Bertz CT molecular complexity index is 1120. The minimum absolute atomic E-state index is 0.198. The molecular formula is C25H28N2O5S. The first-order valence-electron chi connectivity index (χ1n) is 10.7. The summed E-state index contributed by atoms with van der Waals surface area (Å²) in [6.45, 7) is 3.06. The molecule has 2 N–H and O–H groups in total. The number of benzene rings is 2. The number of methoxy groups -OCH3 is 1. The van der Waals surface area contributed by atoms with Gasteiger partial charge >= 0.3 is 5.97 Å². The maximum absolute atomic E-state index is 12.2. The molecule has 33 heavy (non-hydrogen) atoms. The van der Waals surface area contributed by atoms with Gasteiger partial charge in [0, 0.05) is 24.9 Å². The van der Waals surface area contributed by atoms with Gasteiger partial charge in [0.15, 0.2) is 0 Å². The van der Waals surface area contributed by atoms with Crippen LogP contribution in [0, 0.1) is 6.92 Å². The molecule has 1 aromatic heterocycles. The van der Waals surface area contributed by atoms with Gasteiger partial charge in [-0.15, -0.1) is 10.8 Å². The van der Waals surface area contributed by atoms with E-state index in [1.54, 1.807) is 34.9 Å². The largest absolute Gasteiger partial charge is 0.490 e. The normalized spacial score (nSPS) is 17.2. The summed E-state index contributed by atoms with van der Waals surface area (Å²) < 4.78 is 34.7. The number of pyridine rings is 1. The number of carbonyl (C=O) groups excluding carboxylic acids is 1. The van der Waals surface area contributed by atoms with Crippen LogP contribution in [0.2, 0.25) is 0 Å². The van der Waals surface area contributed by atoms with Crippen molar-refractivity contribution in [2.45, 2.75) is 30.7 Å². The SMILES string of the molecule is COC(=O)CC(c1ccncc1)c1ccc(C)c(CN2CCOc3ccccc3S2(O)O)c1. The summed E-state index contributed by atoms with van der Waals surface area (Å²) in [7, 11) is -1.83. The number of carbonyl (C=O) groups is 1. The van der Waals surface area contributed by atoms with Crippen molar-refractivity contribution in [1.29, 1.82) is 0 Å². The smallest absolute Gasteiger partial charge is 0.306 e. The summed E-state index contributed by atoms with van der Waals surface area (Å²) >= 11 is 0. The van der Waals surface area contributed by atoms with Crippen LogP contribution in [0.25, 0.3) is 0 Å². The van der Waals surface area contributed by atoms with Crippen molar-refractivity contribution in [3.8, 4) is 5.75 Å². The highest BCUT2D eigenvalue weighted by Crippen LogP contribution is 2.56. The molecular weight excluding hydrogens is 440 g/mol. The van der Waals surface area contributed by atoms with E-state index in [2.05, 4.69) is 4.98 Å². The number of rotatable bonds is 6. The van der Waals surface area contributed by atoms with Gasteiger partial charge in [-0.3, -0.25) is 18.9 Å². The summed E-state index contributed by atoms with van der Waals surface area (Å²) in [5, 5.41) is 0. The number of esters is 1. The Morgan fingerprint density at radius 3 is 2.67 bits per heavy atom. The minimum Gasteiger partial charge on any atom is -0.490 e. The highest BCUT2D eigenvalue weighted by atomic mass is 32.3. The molecule has 2 heterocycles. The van der Waals surface area contributed by atoms with Gasteiger partial charge in [-0.2, -0.15) is 4.31 Å². The Balaban J connectivity index is 1.67. The van der Waals surface area contributed by atoms with Crippen LogP contribution in [0.4, 0.5) is 0 Å². The Morgan fingerprint density at radius 1 is 1.15 bits per heavy atom. The van der Waals surface area contributed by atoms with Gasteiger partial charge in [0.2, 0.25) is 0 Å². The Morgan fingerprint density at radius 2 is 1.91 bits per heavy atom. The lowest BCUT2D eigenvalue weighted by molar-refractivity contribution is -0.140. The van der Waals surface area contributed by atoms with Crippen molar-refractivity contribution in [2.75, 3.05) is 20.3 Å². The highest BCUT2D eigenvalue weighted by molar-refractivity contribution is 8.22. The van der Waals surface area contributed by atoms with Crippen molar-refractivity contribution < 1.29 is 23.4 Å². The molecule has 8 heteroatoms. The molecule has 4 rings (SSSR count). The predicted octanol–water partition coefficient (Wildman–Crippen LogP) is 5.00. The lowest BCUT2D eigenvalue weighted by atomic mass is 9.87. The van der Waals surface area contributed by atoms with Crippen molar-refractivity contribution in [3.05, 3.63) is 89.2 Å². The van der Waals surface area contributed by atoms with E-state index in [9.17, 15) is 13.9 Å². The van der Waals surface area contributed by atoms with Gasteiger partial charge in [0.1, 0.15) is 17.3 Å². The summed E-state index contributed by atoms with van der Waals surface area (Å²) in [5.41, 5.74) is 3.90. The van der Waals surface area contributed by atoms with Crippen molar-refractivity contribution in [1.82, 2.24) is 9.29 Å². The van der Waals surface area contributed by atoms with E-state index in [0.717, 1.165) is 22.3 Å². The standard InChI is InChI=1S/C25H28N2O5S/c1-18-7-8-20(22(16-25(28)31-2)19-9-11-26-12-10-19)15-21(18)17-27-13-14-32-23-5-3-4-6-24(23)33(27,29)30/h3-12,15,22,29-30H,13-14,16-17H2,1-2H3. The van der Waals surface area contributed by atoms with Gasteiger partial charge < -0.3 is 9.47 Å². The Kier molecular flexibility index (Phi) is 6.99. The zero-order chi connectivity index (χ0) is 23.4. The molecule has 0 bridgehead atoms. The fourth-order valence-corrected chi connectivity index (χ4v) is 5.62. The van der Waals surface area contributed by atoms with Crippen LogP contribution in [0.3, 0.4) is 0 Å². The number of ether oxygens (including phenoxy) is 2. The van der Waals surface area contributed by atoms with Gasteiger partial charge in [-0.1, -0.05) is 30.3 Å². The third kappa shape index (κ3) is 5.04. The maximum Gasteiger partial charge on any atom is 0.306 e. The molecule has 0 saturated carbocycles. The number of fused-ring (bicyclic) bond motifs is 1. The van der Waals surface area contributed by atoms with Gasteiger partial charge in [0.25, 0.3) is 0 Å². The van der Waals surface area contributed by atoms with E-state index >= 15 is 0 Å². The third-order valence-corrected chi connectivity index (χ3v) is 7.89. The summed E-state index contributed by atoms with van der Waals surface area (Å²) in [6, 6.07) is 16.9. The van der Waals surface area contributed by atoms with Crippen LogP contribution in [0.15, 0.2) is 71.9 Å². The van der Waals surface area contributed by atoms with Crippen molar-refractivity contribution >= 4 is 16.7 Å². The fraction of sp³-hybridized carbons (Fsp3) is 0.280. The Hall–Kier alpha value is -2.91. The molecule has 0 aliphatic carbocycles. The monoisotopic (exact) mass is 468 g/mol. The molecule has 7 nitrogen and oxygen atoms in total. The van der Waals surface area contributed by atoms with E-state index < -0.39 is 10.8 Å². The average Bonchev–Trinajstić information content (AvgIpc) is 2.95. The Labute approximate surface area is 195 Å². The van der Waals surface area contributed by atoms with Crippen molar-refractivity contribution in [3.63, 3.8) is 0 Å². The molecule has 1 aliphatic heterocycles. The second-order valence-electron chi connectivity index (χ2n) is 7.98. The van der Waals surface area contributed by atoms with E-state index in [-0.39, 0.29) is 18.3 Å². The van der Waals surface area contributed by atoms with Crippen LogP contribution < -0.4 is 4.74 Å². The lowest BCUT2D eigenvalue weighted by Crippen LogP contribution is -2.29.